The molecule has 0 atom stereocenters. The van der Waals surface area contributed by atoms with E-state index in [4.69, 9.17) is 5.73 Å². The SMILES string of the molecule is NCCCNC(=O)c1ccc(S(=O)(=O)N2CCNC(=O)C2)cc1. The summed E-state index contributed by atoms with van der Waals surface area (Å²) in [6.45, 7) is 1.29. The van der Waals surface area contributed by atoms with Crippen LogP contribution in [0.1, 0.15) is 16.8 Å². The van der Waals surface area contributed by atoms with Crippen LogP contribution in [0.2, 0.25) is 0 Å². The molecule has 0 radical (unpaired) electrons. The van der Waals surface area contributed by atoms with Crippen molar-refractivity contribution in [1.82, 2.24) is 14.9 Å². The van der Waals surface area contributed by atoms with Crippen LogP contribution in [0.3, 0.4) is 0 Å². The lowest BCUT2D eigenvalue weighted by molar-refractivity contribution is -0.122. The molecule has 4 N–H and O–H groups in total. The predicted molar refractivity (Wildman–Crippen MR) is 84.2 cm³/mol. The van der Waals surface area contributed by atoms with Gasteiger partial charge in [0.1, 0.15) is 0 Å². The van der Waals surface area contributed by atoms with Crippen LogP contribution in [0.4, 0.5) is 0 Å². The van der Waals surface area contributed by atoms with Crippen molar-refractivity contribution >= 4 is 21.8 Å². The van der Waals surface area contributed by atoms with E-state index in [0.717, 1.165) is 4.31 Å². The number of amides is 2. The molecule has 0 unspecified atom stereocenters. The van der Waals surface area contributed by atoms with Gasteiger partial charge in [-0.3, -0.25) is 9.59 Å². The third-order valence-corrected chi connectivity index (χ3v) is 5.28. The number of carbonyl (C=O) groups excluding carboxylic acids is 2. The molecule has 0 saturated carbocycles. The predicted octanol–water partition coefficient (Wildman–Crippen LogP) is -1.11. The number of nitrogens with two attached hydrogens (primary N) is 1. The number of hydrogen-bond donors (Lipinski definition) is 3. The summed E-state index contributed by atoms with van der Waals surface area (Å²) in [7, 11) is -3.73. The number of rotatable bonds is 6. The highest BCUT2D eigenvalue weighted by Gasteiger charge is 2.29. The van der Waals surface area contributed by atoms with Gasteiger partial charge in [-0.05, 0) is 37.2 Å². The Labute approximate surface area is 135 Å². The molecule has 2 rings (SSSR count). The first-order valence-electron chi connectivity index (χ1n) is 7.30. The second-order valence-corrected chi connectivity index (χ2v) is 7.05. The highest BCUT2D eigenvalue weighted by Crippen LogP contribution is 2.17. The monoisotopic (exact) mass is 340 g/mol. The van der Waals surface area contributed by atoms with Crippen LogP contribution in [0.25, 0.3) is 0 Å². The molecule has 0 bridgehead atoms. The fraction of sp³-hybridized carbons (Fsp3) is 0.429. The van der Waals surface area contributed by atoms with Gasteiger partial charge in [0.15, 0.2) is 0 Å². The zero-order chi connectivity index (χ0) is 16.9. The molecule has 1 saturated heterocycles. The third kappa shape index (κ3) is 4.27. The Morgan fingerprint density at radius 1 is 1.30 bits per heavy atom. The molecule has 1 fully saturated rings. The second kappa shape index (κ2) is 7.53. The summed E-state index contributed by atoms with van der Waals surface area (Å²) >= 11 is 0. The first kappa shape index (κ1) is 17.4. The van der Waals surface area contributed by atoms with E-state index in [0.29, 0.717) is 31.6 Å². The van der Waals surface area contributed by atoms with Crippen molar-refractivity contribution in [2.75, 3.05) is 32.7 Å². The van der Waals surface area contributed by atoms with Gasteiger partial charge in [-0.25, -0.2) is 8.42 Å². The van der Waals surface area contributed by atoms with Gasteiger partial charge in [-0.15, -0.1) is 0 Å². The van der Waals surface area contributed by atoms with E-state index in [9.17, 15) is 18.0 Å². The summed E-state index contributed by atoms with van der Waals surface area (Å²) in [6, 6.07) is 5.66. The van der Waals surface area contributed by atoms with Crippen molar-refractivity contribution in [2.24, 2.45) is 5.73 Å². The Morgan fingerprint density at radius 3 is 2.61 bits per heavy atom. The molecule has 0 aromatic heterocycles. The highest BCUT2D eigenvalue weighted by molar-refractivity contribution is 7.89. The smallest absolute Gasteiger partial charge is 0.251 e. The van der Waals surface area contributed by atoms with Gasteiger partial charge in [0.2, 0.25) is 15.9 Å². The van der Waals surface area contributed by atoms with Gasteiger partial charge >= 0.3 is 0 Å². The molecule has 1 aliphatic heterocycles. The van der Waals surface area contributed by atoms with E-state index in [1.165, 1.54) is 24.3 Å². The summed E-state index contributed by atoms with van der Waals surface area (Å²) in [5.41, 5.74) is 5.72. The van der Waals surface area contributed by atoms with Crippen LogP contribution in [-0.4, -0.2) is 57.3 Å². The zero-order valence-corrected chi connectivity index (χ0v) is 13.4. The first-order valence-corrected chi connectivity index (χ1v) is 8.74. The second-order valence-electron chi connectivity index (χ2n) is 5.11. The number of hydrogen-bond acceptors (Lipinski definition) is 5. The standard InChI is InChI=1S/C14H20N4O4S/c15-6-1-7-17-14(20)11-2-4-12(5-3-11)23(21,22)18-9-8-16-13(19)10-18/h2-5H,1,6-10,15H2,(H,16,19)(H,17,20). The quantitative estimate of drug-likeness (QED) is 0.567. The normalized spacial score (nSPS) is 16.0. The molecule has 2 amide bonds. The van der Waals surface area contributed by atoms with E-state index in [2.05, 4.69) is 10.6 Å². The van der Waals surface area contributed by atoms with Crippen molar-refractivity contribution in [3.8, 4) is 0 Å². The van der Waals surface area contributed by atoms with E-state index >= 15 is 0 Å². The Balaban J connectivity index is 2.09. The topological polar surface area (TPSA) is 122 Å². The molecule has 1 heterocycles. The maximum absolute atomic E-state index is 12.5. The van der Waals surface area contributed by atoms with E-state index in [-0.39, 0.29) is 29.8 Å². The van der Waals surface area contributed by atoms with Gasteiger partial charge in [0, 0.05) is 25.2 Å². The maximum atomic E-state index is 12.5. The molecular formula is C14H20N4O4S. The van der Waals surface area contributed by atoms with Crippen LogP contribution in [0.5, 0.6) is 0 Å². The van der Waals surface area contributed by atoms with E-state index in [1.807, 2.05) is 0 Å². The summed E-state index contributed by atoms with van der Waals surface area (Å²) in [5, 5.41) is 5.27. The van der Waals surface area contributed by atoms with Crippen LogP contribution >= 0.6 is 0 Å². The van der Waals surface area contributed by atoms with Gasteiger partial charge in [-0.1, -0.05) is 0 Å². The molecule has 1 aromatic rings. The molecule has 126 valence electrons. The largest absolute Gasteiger partial charge is 0.354 e. The lowest BCUT2D eigenvalue weighted by Crippen LogP contribution is -2.49. The fourth-order valence-electron chi connectivity index (χ4n) is 2.15. The lowest BCUT2D eigenvalue weighted by Gasteiger charge is -2.25. The van der Waals surface area contributed by atoms with Gasteiger partial charge in [0.25, 0.3) is 5.91 Å². The van der Waals surface area contributed by atoms with Crippen LogP contribution in [0, 0.1) is 0 Å². The van der Waals surface area contributed by atoms with Crippen LogP contribution in [0.15, 0.2) is 29.2 Å². The maximum Gasteiger partial charge on any atom is 0.251 e. The Bertz CT molecular complexity index is 673. The third-order valence-electron chi connectivity index (χ3n) is 3.42. The first-order chi connectivity index (χ1) is 10.9. The Hall–Kier alpha value is -1.97. The molecule has 9 heteroatoms. The van der Waals surface area contributed by atoms with Crippen LogP contribution < -0.4 is 16.4 Å². The van der Waals surface area contributed by atoms with Crippen molar-refractivity contribution < 1.29 is 18.0 Å². The average molecular weight is 340 g/mol. The average Bonchev–Trinajstić information content (AvgIpc) is 2.55. The summed E-state index contributed by atoms with van der Waals surface area (Å²) in [6.07, 6.45) is 0.676. The van der Waals surface area contributed by atoms with E-state index < -0.39 is 10.0 Å². The van der Waals surface area contributed by atoms with Crippen molar-refractivity contribution in [3.63, 3.8) is 0 Å². The Kier molecular flexibility index (Phi) is 5.69. The molecule has 0 aliphatic carbocycles. The lowest BCUT2D eigenvalue weighted by atomic mass is 10.2. The number of nitrogens with one attached hydrogen (secondary N) is 2. The minimum Gasteiger partial charge on any atom is -0.354 e. The molecule has 0 spiro atoms. The summed E-state index contributed by atoms with van der Waals surface area (Å²) in [5.74, 6) is -0.601. The van der Waals surface area contributed by atoms with Crippen LogP contribution in [-0.2, 0) is 14.8 Å². The van der Waals surface area contributed by atoms with Crippen molar-refractivity contribution in [3.05, 3.63) is 29.8 Å². The molecule has 1 aliphatic rings. The van der Waals surface area contributed by atoms with Gasteiger partial charge in [-0.2, -0.15) is 4.31 Å². The van der Waals surface area contributed by atoms with Crippen molar-refractivity contribution in [2.45, 2.75) is 11.3 Å². The number of nitrogens with zero attached hydrogens (tertiary/aromatic N) is 1. The summed E-state index contributed by atoms with van der Waals surface area (Å²) in [4.78, 5) is 23.3. The number of piperazine rings is 1. The molecular weight excluding hydrogens is 320 g/mol. The number of sulfonamides is 1. The number of carbonyl (C=O) groups is 2. The Morgan fingerprint density at radius 2 is 2.00 bits per heavy atom. The highest BCUT2D eigenvalue weighted by atomic mass is 32.2. The molecule has 8 nitrogen and oxygen atoms in total. The van der Waals surface area contributed by atoms with E-state index in [1.54, 1.807) is 0 Å². The molecule has 1 aromatic carbocycles. The fourth-order valence-corrected chi connectivity index (χ4v) is 3.55. The summed E-state index contributed by atoms with van der Waals surface area (Å²) < 4.78 is 26.0. The number of benzene rings is 1. The van der Waals surface area contributed by atoms with Gasteiger partial charge < -0.3 is 16.4 Å². The molecule has 23 heavy (non-hydrogen) atoms. The zero-order valence-electron chi connectivity index (χ0n) is 12.6. The minimum atomic E-state index is -3.73. The van der Waals surface area contributed by atoms with Crippen molar-refractivity contribution in [1.29, 1.82) is 0 Å². The minimum absolute atomic E-state index is 0.0608. The van der Waals surface area contributed by atoms with Gasteiger partial charge in [0.05, 0.1) is 11.4 Å².